The smallest absolute Gasteiger partial charge is 0.244 e. The van der Waals surface area contributed by atoms with E-state index < -0.39 is 11.3 Å². The van der Waals surface area contributed by atoms with Crippen LogP contribution in [0.5, 0.6) is 17.2 Å². The van der Waals surface area contributed by atoms with Gasteiger partial charge in [-0.15, -0.1) is 0 Å². The van der Waals surface area contributed by atoms with Gasteiger partial charge < -0.3 is 14.8 Å². The summed E-state index contributed by atoms with van der Waals surface area (Å²) < 4.78 is 11.2. The highest BCUT2D eigenvalue weighted by atomic mass is 16.5. The van der Waals surface area contributed by atoms with Gasteiger partial charge >= 0.3 is 0 Å². The van der Waals surface area contributed by atoms with Gasteiger partial charge in [0.1, 0.15) is 23.8 Å². The summed E-state index contributed by atoms with van der Waals surface area (Å²) in [5, 5.41) is 2.74. The first-order chi connectivity index (χ1) is 15.0. The summed E-state index contributed by atoms with van der Waals surface area (Å²) >= 11 is 0. The van der Waals surface area contributed by atoms with Gasteiger partial charge in [0.25, 0.3) is 0 Å². The molecule has 0 bridgehead atoms. The van der Waals surface area contributed by atoms with Crippen LogP contribution in [0.4, 0.5) is 5.69 Å². The van der Waals surface area contributed by atoms with Gasteiger partial charge in [0, 0.05) is 12.1 Å². The number of benzene rings is 2. The summed E-state index contributed by atoms with van der Waals surface area (Å²) in [6, 6.07) is 14.2. The topological polar surface area (TPSA) is 84.9 Å². The number of hydrogen-bond acceptors (Lipinski definition) is 5. The summed E-state index contributed by atoms with van der Waals surface area (Å²) in [5.41, 5.74) is 0.00994. The van der Waals surface area contributed by atoms with E-state index in [0.29, 0.717) is 23.8 Å². The lowest BCUT2D eigenvalue weighted by molar-refractivity contribution is -0.143. The molecule has 7 nitrogen and oxygen atoms in total. The Morgan fingerprint density at radius 1 is 0.968 bits per heavy atom. The number of ether oxygens (including phenoxy) is 2. The minimum absolute atomic E-state index is 0.191. The molecule has 31 heavy (non-hydrogen) atoms. The fraction of sp³-hybridized carbons (Fsp3) is 0.375. The average molecular weight is 422 g/mol. The van der Waals surface area contributed by atoms with Crippen molar-refractivity contribution in [3.05, 3.63) is 48.5 Å². The van der Waals surface area contributed by atoms with Crippen molar-refractivity contribution in [3.8, 4) is 17.2 Å². The number of anilines is 1. The lowest BCUT2D eigenvalue weighted by atomic mass is 9.84. The van der Waals surface area contributed by atoms with Gasteiger partial charge in [-0.2, -0.15) is 0 Å². The van der Waals surface area contributed by atoms with Crippen LogP contribution in [-0.2, 0) is 14.4 Å². The number of likely N-dealkylation sites (tertiary alicyclic amines) is 1. The quantitative estimate of drug-likeness (QED) is 0.678. The fourth-order valence-corrected chi connectivity index (χ4v) is 4.32. The van der Waals surface area contributed by atoms with Crippen molar-refractivity contribution < 1.29 is 23.9 Å². The van der Waals surface area contributed by atoms with Crippen LogP contribution in [0.15, 0.2) is 48.5 Å². The zero-order valence-corrected chi connectivity index (χ0v) is 17.6. The first-order valence-corrected chi connectivity index (χ1v) is 10.6. The summed E-state index contributed by atoms with van der Waals surface area (Å²) in [6.45, 7) is 2.29. The van der Waals surface area contributed by atoms with Crippen LogP contribution in [0.25, 0.3) is 0 Å². The Kier molecular flexibility index (Phi) is 5.93. The van der Waals surface area contributed by atoms with E-state index in [4.69, 9.17) is 9.47 Å². The van der Waals surface area contributed by atoms with E-state index in [1.54, 1.807) is 24.3 Å². The third-order valence-electron chi connectivity index (χ3n) is 5.86. The Balaban J connectivity index is 1.32. The first-order valence-electron chi connectivity index (χ1n) is 10.6. The highest BCUT2D eigenvalue weighted by Crippen LogP contribution is 2.46. The number of nitrogens with one attached hydrogen (secondary N) is 1. The summed E-state index contributed by atoms with van der Waals surface area (Å²) in [4.78, 5) is 38.6. The lowest BCUT2D eigenvalue weighted by Gasteiger charge is -2.20. The maximum Gasteiger partial charge on any atom is 0.244 e. The Morgan fingerprint density at radius 3 is 2.16 bits per heavy atom. The van der Waals surface area contributed by atoms with Crippen LogP contribution in [0.3, 0.4) is 0 Å². The predicted molar refractivity (Wildman–Crippen MR) is 115 cm³/mol. The number of nitrogens with zero attached hydrogens (tertiary/aromatic N) is 1. The van der Waals surface area contributed by atoms with Crippen LogP contribution in [0.2, 0.25) is 0 Å². The molecule has 2 aliphatic rings. The van der Waals surface area contributed by atoms with Gasteiger partial charge in [-0.25, -0.2) is 0 Å². The van der Waals surface area contributed by atoms with Crippen LogP contribution in [-0.4, -0.2) is 35.8 Å². The molecule has 1 spiro atoms. The molecule has 2 fully saturated rings. The van der Waals surface area contributed by atoms with Crippen molar-refractivity contribution in [3.63, 3.8) is 0 Å². The fourth-order valence-electron chi connectivity index (χ4n) is 4.32. The molecule has 2 aromatic rings. The Morgan fingerprint density at radius 2 is 1.55 bits per heavy atom. The van der Waals surface area contributed by atoms with Crippen LogP contribution in [0, 0.1) is 5.41 Å². The zero-order valence-electron chi connectivity index (χ0n) is 17.6. The van der Waals surface area contributed by atoms with Gasteiger partial charge in [-0.1, -0.05) is 12.8 Å². The average Bonchev–Trinajstić information content (AvgIpc) is 3.32. The molecular weight excluding hydrogens is 396 g/mol. The molecule has 1 saturated heterocycles. The van der Waals surface area contributed by atoms with E-state index >= 15 is 0 Å². The molecule has 0 aromatic heterocycles. The molecule has 0 atom stereocenters. The normalized spacial score (nSPS) is 17.3. The lowest BCUT2D eigenvalue weighted by Crippen LogP contribution is -2.39. The Bertz CT molecular complexity index is 962. The zero-order chi connectivity index (χ0) is 21.8. The maximum absolute atomic E-state index is 12.7. The predicted octanol–water partition coefficient (Wildman–Crippen LogP) is 4.14. The standard InChI is InChI=1S/C24H26N2O5/c1-2-30-18-9-11-20(12-10-18)31-19-7-5-17(6-8-19)25-21(27)16-26-22(28)15-24(23(26)29)13-3-4-14-24/h5-12H,2-4,13-16H2,1H3,(H,25,27). The second-order valence-corrected chi connectivity index (χ2v) is 8.03. The molecule has 7 heteroatoms. The minimum Gasteiger partial charge on any atom is -0.494 e. The number of carbonyl (C=O) groups is 3. The second kappa shape index (κ2) is 8.79. The number of rotatable bonds is 7. The number of carbonyl (C=O) groups excluding carboxylic acids is 3. The van der Waals surface area contributed by atoms with E-state index in [1.165, 1.54) is 0 Å². The molecule has 0 unspecified atom stereocenters. The highest BCUT2D eigenvalue weighted by molar-refractivity contribution is 6.09. The monoisotopic (exact) mass is 422 g/mol. The third-order valence-corrected chi connectivity index (χ3v) is 5.86. The minimum atomic E-state index is -0.558. The van der Waals surface area contributed by atoms with Gasteiger partial charge in [0.2, 0.25) is 17.7 Å². The van der Waals surface area contributed by atoms with Crippen molar-refractivity contribution in [2.24, 2.45) is 5.41 Å². The molecule has 1 aliphatic heterocycles. The molecule has 1 N–H and O–H groups in total. The Labute approximate surface area is 181 Å². The summed E-state index contributed by atoms with van der Waals surface area (Å²) in [6.07, 6.45) is 3.64. The van der Waals surface area contributed by atoms with E-state index in [0.717, 1.165) is 36.3 Å². The van der Waals surface area contributed by atoms with Crippen molar-refractivity contribution >= 4 is 23.4 Å². The molecular formula is C24H26N2O5. The van der Waals surface area contributed by atoms with Crippen molar-refractivity contribution in [1.29, 1.82) is 0 Å². The molecule has 3 amide bonds. The third kappa shape index (κ3) is 4.55. The SMILES string of the molecule is CCOc1ccc(Oc2ccc(NC(=O)CN3C(=O)CC4(CCCC4)C3=O)cc2)cc1. The molecule has 1 heterocycles. The number of imide groups is 1. The Hall–Kier alpha value is -3.35. The van der Waals surface area contributed by atoms with Crippen molar-refractivity contribution in [1.82, 2.24) is 4.90 Å². The van der Waals surface area contributed by atoms with E-state index in [2.05, 4.69) is 5.32 Å². The number of hydrogen-bond donors (Lipinski definition) is 1. The molecule has 4 rings (SSSR count). The van der Waals surface area contributed by atoms with E-state index in [1.807, 2.05) is 31.2 Å². The first kappa shape index (κ1) is 20.9. The van der Waals surface area contributed by atoms with Crippen LogP contribution >= 0.6 is 0 Å². The number of amides is 3. The van der Waals surface area contributed by atoms with Gasteiger partial charge in [-0.05, 0) is 68.3 Å². The molecule has 1 saturated carbocycles. The molecule has 0 radical (unpaired) electrons. The van der Waals surface area contributed by atoms with Crippen LogP contribution in [0.1, 0.15) is 39.0 Å². The summed E-state index contributed by atoms with van der Waals surface area (Å²) in [7, 11) is 0. The van der Waals surface area contributed by atoms with E-state index in [9.17, 15) is 14.4 Å². The van der Waals surface area contributed by atoms with Crippen LogP contribution < -0.4 is 14.8 Å². The largest absolute Gasteiger partial charge is 0.494 e. The highest BCUT2D eigenvalue weighted by Gasteiger charge is 2.52. The van der Waals surface area contributed by atoms with Gasteiger partial charge in [0.15, 0.2) is 0 Å². The van der Waals surface area contributed by atoms with Crippen molar-refractivity contribution in [2.75, 3.05) is 18.5 Å². The molecule has 2 aromatic carbocycles. The van der Waals surface area contributed by atoms with Gasteiger partial charge in [0.05, 0.1) is 12.0 Å². The van der Waals surface area contributed by atoms with Gasteiger partial charge in [-0.3, -0.25) is 19.3 Å². The molecule has 1 aliphatic carbocycles. The second-order valence-electron chi connectivity index (χ2n) is 8.03. The van der Waals surface area contributed by atoms with E-state index in [-0.39, 0.29) is 24.8 Å². The van der Waals surface area contributed by atoms with Crippen molar-refractivity contribution in [2.45, 2.75) is 39.0 Å². The molecule has 162 valence electrons. The summed E-state index contributed by atoms with van der Waals surface area (Å²) in [5.74, 6) is 1.24. The maximum atomic E-state index is 12.7.